The maximum absolute atomic E-state index is 10.9. The third-order valence-electron chi connectivity index (χ3n) is 2.44. The molecule has 3 N–H and O–H groups in total. The summed E-state index contributed by atoms with van der Waals surface area (Å²) < 4.78 is 8.82. The van der Waals surface area contributed by atoms with E-state index in [1.165, 1.54) is 21.1 Å². The minimum atomic E-state index is -0.524. The largest absolute Gasteiger partial charge is 0.464 e. The summed E-state index contributed by atoms with van der Waals surface area (Å²) in [6.07, 6.45) is 0.513. The minimum absolute atomic E-state index is 0.200. The molecule has 1 amide bonds. The Morgan fingerprint density at radius 2 is 1.48 bits per heavy atom. The predicted octanol–water partition coefficient (Wildman–Crippen LogP) is -1.27. The zero-order valence-electron chi connectivity index (χ0n) is 12.8. The summed E-state index contributed by atoms with van der Waals surface area (Å²) >= 11 is 0. The van der Waals surface area contributed by atoms with Gasteiger partial charge < -0.3 is 20.5 Å². The number of esters is 2. The molecule has 11 nitrogen and oxygen atoms in total. The third-order valence-corrected chi connectivity index (χ3v) is 2.44. The monoisotopic (exact) mass is 324 g/mol. The minimum Gasteiger partial charge on any atom is -0.464 e. The van der Waals surface area contributed by atoms with Gasteiger partial charge in [0.15, 0.2) is 11.4 Å². The van der Waals surface area contributed by atoms with Crippen molar-refractivity contribution < 1.29 is 23.9 Å². The van der Waals surface area contributed by atoms with Gasteiger partial charge >= 0.3 is 11.9 Å². The van der Waals surface area contributed by atoms with E-state index >= 15 is 0 Å². The molecule has 0 aromatic rings. The van der Waals surface area contributed by atoms with Crippen molar-refractivity contribution in [1.82, 2.24) is 5.32 Å². The lowest BCUT2D eigenvalue weighted by atomic mass is 10.2. The molecular formula is C12H16N6O5. The number of nitrogens with zero attached hydrogens (tertiary/aromatic N) is 4. The maximum Gasteiger partial charge on any atom is 0.354 e. The van der Waals surface area contributed by atoms with Gasteiger partial charge in [-0.15, -0.1) is 20.4 Å². The van der Waals surface area contributed by atoms with Gasteiger partial charge in [0.25, 0.3) is 0 Å². The number of ether oxygens (including phenoxy) is 2. The van der Waals surface area contributed by atoms with Crippen LogP contribution in [0.4, 0.5) is 0 Å². The van der Waals surface area contributed by atoms with E-state index in [0.717, 1.165) is 0 Å². The fourth-order valence-electron chi connectivity index (χ4n) is 1.45. The van der Waals surface area contributed by atoms with Crippen LogP contribution in [0, 0.1) is 0 Å². The van der Waals surface area contributed by atoms with E-state index in [2.05, 4.69) is 35.2 Å². The highest BCUT2D eigenvalue weighted by Gasteiger charge is 2.20. The number of nitrogens with one attached hydrogen (secondary N) is 1. The van der Waals surface area contributed by atoms with Crippen molar-refractivity contribution in [3.8, 4) is 0 Å². The van der Waals surface area contributed by atoms with E-state index in [1.54, 1.807) is 0 Å². The number of hydrogen-bond acceptors (Lipinski definition) is 10. The first-order valence-electron chi connectivity index (χ1n) is 6.33. The molecule has 124 valence electrons. The molecule has 0 bridgehead atoms. The Balaban J connectivity index is 0.000000238. The summed E-state index contributed by atoms with van der Waals surface area (Å²) in [7, 11) is 2.56. The van der Waals surface area contributed by atoms with Gasteiger partial charge in [-0.3, -0.25) is 4.79 Å². The number of amidine groups is 2. The maximum atomic E-state index is 10.9. The molecule has 2 aliphatic heterocycles. The number of amides is 1. The SMILES string of the molecule is COC(=O)C1=NN=C(N)C1.COC(=O)C1=NN=C(NC(C)=O)C1. The van der Waals surface area contributed by atoms with Crippen molar-refractivity contribution in [2.45, 2.75) is 19.8 Å². The molecule has 0 aliphatic carbocycles. The standard InChI is InChI=1S/C7H9N3O3.C5H7N3O2/c1-4(11)8-6-3-5(9-10-6)7(12)13-2;1-10-5(9)3-2-4(6)8-7-3/h3H2,1-2H3,(H,8,10,11);2H2,1H3,(H2,6,8). The lowest BCUT2D eigenvalue weighted by molar-refractivity contribution is -0.133. The van der Waals surface area contributed by atoms with Gasteiger partial charge in [0.1, 0.15) is 11.7 Å². The van der Waals surface area contributed by atoms with Gasteiger partial charge in [0, 0.05) is 6.92 Å². The topological polar surface area (TPSA) is 157 Å². The number of rotatable bonds is 2. The van der Waals surface area contributed by atoms with Crippen LogP contribution in [0.2, 0.25) is 0 Å². The van der Waals surface area contributed by atoms with Gasteiger partial charge in [0.05, 0.1) is 27.1 Å². The van der Waals surface area contributed by atoms with E-state index in [4.69, 9.17) is 5.73 Å². The highest BCUT2D eigenvalue weighted by atomic mass is 16.5. The summed E-state index contributed by atoms with van der Waals surface area (Å²) in [4.78, 5) is 32.2. The quantitative estimate of drug-likeness (QED) is 0.603. The van der Waals surface area contributed by atoms with Crippen LogP contribution in [0.1, 0.15) is 19.8 Å². The van der Waals surface area contributed by atoms with Crippen molar-refractivity contribution in [3.05, 3.63) is 0 Å². The van der Waals surface area contributed by atoms with Gasteiger partial charge in [-0.1, -0.05) is 0 Å². The third kappa shape index (κ3) is 5.65. The van der Waals surface area contributed by atoms with Crippen molar-refractivity contribution in [1.29, 1.82) is 0 Å². The average Bonchev–Trinajstić information content (AvgIpc) is 3.15. The van der Waals surface area contributed by atoms with Crippen molar-refractivity contribution in [2.24, 2.45) is 26.1 Å². The number of carbonyl (C=O) groups excluding carboxylic acids is 3. The highest BCUT2D eigenvalue weighted by molar-refractivity contribution is 6.41. The predicted molar refractivity (Wildman–Crippen MR) is 81.0 cm³/mol. The molecule has 2 aliphatic rings. The molecule has 0 unspecified atom stereocenters. The molecule has 0 aromatic carbocycles. The molecule has 2 heterocycles. The van der Waals surface area contributed by atoms with Crippen LogP contribution < -0.4 is 11.1 Å². The van der Waals surface area contributed by atoms with E-state index in [0.29, 0.717) is 18.1 Å². The van der Waals surface area contributed by atoms with E-state index in [-0.39, 0.29) is 23.8 Å². The van der Waals surface area contributed by atoms with Crippen LogP contribution in [0.3, 0.4) is 0 Å². The fourth-order valence-corrected chi connectivity index (χ4v) is 1.45. The summed E-state index contributed by atoms with van der Waals surface area (Å²) in [6, 6.07) is 0. The van der Waals surface area contributed by atoms with E-state index in [9.17, 15) is 14.4 Å². The highest BCUT2D eigenvalue weighted by Crippen LogP contribution is 2.01. The Morgan fingerprint density at radius 1 is 0.957 bits per heavy atom. The number of hydrogen-bond donors (Lipinski definition) is 2. The first kappa shape index (κ1) is 17.9. The Labute approximate surface area is 131 Å². The molecule has 2 rings (SSSR count). The molecule has 0 spiro atoms. The van der Waals surface area contributed by atoms with Crippen LogP contribution in [0.5, 0.6) is 0 Å². The molecule has 0 saturated heterocycles. The zero-order valence-corrected chi connectivity index (χ0v) is 12.8. The Hall–Kier alpha value is -3.11. The fraction of sp³-hybridized carbons (Fsp3) is 0.417. The molecule has 0 aromatic heterocycles. The first-order valence-corrected chi connectivity index (χ1v) is 6.33. The Bertz CT molecular complexity index is 634. The van der Waals surface area contributed by atoms with Crippen molar-refractivity contribution >= 4 is 40.9 Å². The lowest BCUT2D eigenvalue weighted by Crippen LogP contribution is -2.29. The summed E-state index contributed by atoms with van der Waals surface area (Å²) in [6.45, 7) is 1.36. The summed E-state index contributed by atoms with van der Waals surface area (Å²) in [5.74, 6) is -0.512. The molecule has 11 heteroatoms. The second kappa shape index (κ2) is 8.36. The van der Waals surface area contributed by atoms with Gasteiger partial charge in [-0.05, 0) is 0 Å². The van der Waals surface area contributed by atoms with Crippen LogP contribution in [0.25, 0.3) is 0 Å². The molecule has 0 radical (unpaired) electrons. The van der Waals surface area contributed by atoms with E-state index in [1.807, 2.05) is 0 Å². The second-order valence-electron chi connectivity index (χ2n) is 4.25. The molecule has 23 heavy (non-hydrogen) atoms. The normalized spacial score (nSPS) is 15.3. The Kier molecular flexibility index (Phi) is 6.52. The zero-order chi connectivity index (χ0) is 17.4. The molecule has 0 atom stereocenters. The number of nitrogens with two attached hydrogens (primary N) is 1. The van der Waals surface area contributed by atoms with Crippen LogP contribution >= 0.6 is 0 Å². The lowest BCUT2D eigenvalue weighted by Gasteiger charge is -1.99. The van der Waals surface area contributed by atoms with E-state index < -0.39 is 11.9 Å². The smallest absolute Gasteiger partial charge is 0.354 e. The molecular weight excluding hydrogens is 308 g/mol. The van der Waals surface area contributed by atoms with Crippen molar-refractivity contribution in [3.63, 3.8) is 0 Å². The Morgan fingerprint density at radius 3 is 1.91 bits per heavy atom. The second-order valence-corrected chi connectivity index (χ2v) is 4.25. The van der Waals surface area contributed by atoms with Crippen LogP contribution in [-0.4, -0.2) is 55.2 Å². The van der Waals surface area contributed by atoms with Gasteiger partial charge in [-0.2, -0.15) is 0 Å². The number of methoxy groups -OCH3 is 2. The van der Waals surface area contributed by atoms with Crippen LogP contribution in [-0.2, 0) is 23.9 Å². The molecule has 0 fully saturated rings. The van der Waals surface area contributed by atoms with Crippen molar-refractivity contribution in [2.75, 3.05) is 14.2 Å². The molecule has 0 saturated carbocycles. The van der Waals surface area contributed by atoms with Gasteiger partial charge in [-0.25, -0.2) is 9.59 Å². The van der Waals surface area contributed by atoms with Crippen LogP contribution in [0.15, 0.2) is 20.4 Å². The van der Waals surface area contributed by atoms with Gasteiger partial charge in [0.2, 0.25) is 5.91 Å². The number of carbonyl (C=O) groups is 3. The first-order chi connectivity index (χ1) is 10.9. The average molecular weight is 324 g/mol. The summed E-state index contributed by atoms with van der Waals surface area (Å²) in [5.41, 5.74) is 5.71. The summed E-state index contributed by atoms with van der Waals surface area (Å²) in [5, 5.41) is 16.6.